The maximum absolute atomic E-state index is 12.4. The van der Waals surface area contributed by atoms with Crippen molar-refractivity contribution in [2.45, 2.75) is 38.8 Å². The van der Waals surface area contributed by atoms with Gasteiger partial charge in [-0.3, -0.25) is 9.48 Å². The van der Waals surface area contributed by atoms with Gasteiger partial charge in [0.05, 0.1) is 18.3 Å². The number of rotatable bonds is 6. The molecule has 0 saturated heterocycles. The third kappa shape index (κ3) is 3.94. The van der Waals surface area contributed by atoms with E-state index in [0.717, 1.165) is 5.56 Å². The number of aromatic nitrogens is 2. The molecule has 23 heavy (non-hydrogen) atoms. The Hall–Kier alpha value is -2.25. The highest BCUT2D eigenvalue weighted by atomic mass is 35.5. The van der Waals surface area contributed by atoms with Gasteiger partial charge < -0.3 is 5.32 Å². The van der Waals surface area contributed by atoms with Crippen LogP contribution in [0.4, 0.5) is 0 Å². The second kappa shape index (κ2) is 7.34. The van der Waals surface area contributed by atoms with Gasteiger partial charge >= 0.3 is 0 Å². The fourth-order valence-corrected chi connectivity index (χ4v) is 2.52. The zero-order chi connectivity index (χ0) is 16.9. The number of halogens is 1. The highest BCUT2D eigenvalue weighted by molar-refractivity contribution is 6.31. The first-order valence-corrected chi connectivity index (χ1v) is 7.97. The molecule has 0 saturated carbocycles. The predicted molar refractivity (Wildman–Crippen MR) is 92.4 cm³/mol. The summed E-state index contributed by atoms with van der Waals surface area (Å²) in [5.74, 6) is 2.48. The van der Waals surface area contributed by atoms with E-state index in [-0.39, 0.29) is 5.91 Å². The summed E-state index contributed by atoms with van der Waals surface area (Å²) < 4.78 is 1.69. The number of hydrogen-bond acceptors (Lipinski definition) is 2. The van der Waals surface area contributed by atoms with Gasteiger partial charge in [0.25, 0.3) is 5.91 Å². The van der Waals surface area contributed by atoms with Gasteiger partial charge in [-0.1, -0.05) is 49.6 Å². The summed E-state index contributed by atoms with van der Waals surface area (Å²) in [7, 11) is 0. The van der Waals surface area contributed by atoms with Crippen LogP contribution in [0.15, 0.2) is 36.7 Å². The van der Waals surface area contributed by atoms with Crippen LogP contribution in [0, 0.1) is 12.3 Å². The normalized spacial score (nSPS) is 11.0. The lowest BCUT2D eigenvalue weighted by atomic mass is 9.93. The van der Waals surface area contributed by atoms with Crippen molar-refractivity contribution in [3.63, 3.8) is 0 Å². The van der Waals surface area contributed by atoms with E-state index in [4.69, 9.17) is 18.0 Å². The molecule has 0 unspecified atom stereocenters. The Morgan fingerprint density at radius 2 is 2.09 bits per heavy atom. The molecule has 0 aliphatic carbocycles. The number of nitrogens with one attached hydrogen (secondary N) is 1. The fraction of sp³-hybridized carbons (Fsp3) is 0.333. The summed E-state index contributed by atoms with van der Waals surface area (Å²) in [6.07, 6.45) is 10.2. The van der Waals surface area contributed by atoms with Gasteiger partial charge in [-0.05, 0) is 24.5 Å². The molecule has 1 amide bonds. The van der Waals surface area contributed by atoms with Crippen molar-refractivity contribution in [3.05, 3.63) is 52.8 Å². The monoisotopic (exact) mass is 329 g/mol. The fourth-order valence-electron chi connectivity index (χ4n) is 2.32. The SMILES string of the molecule is C#CC(CC)(CC)NC(=O)c1cnn(Cc2ccccc2Cl)c1. The Bertz CT molecular complexity index is 726. The van der Waals surface area contributed by atoms with Gasteiger partial charge in [-0.25, -0.2) is 0 Å². The molecular weight excluding hydrogens is 310 g/mol. The topological polar surface area (TPSA) is 46.9 Å². The van der Waals surface area contributed by atoms with Crippen LogP contribution in [0.5, 0.6) is 0 Å². The smallest absolute Gasteiger partial charge is 0.255 e. The molecule has 1 aromatic carbocycles. The molecule has 0 aliphatic heterocycles. The maximum Gasteiger partial charge on any atom is 0.255 e. The van der Waals surface area contributed by atoms with Crippen LogP contribution < -0.4 is 5.32 Å². The van der Waals surface area contributed by atoms with E-state index >= 15 is 0 Å². The van der Waals surface area contributed by atoms with Crippen LogP contribution in [0.3, 0.4) is 0 Å². The Kier molecular flexibility index (Phi) is 5.46. The van der Waals surface area contributed by atoms with Gasteiger partial charge in [-0.15, -0.1) is 6.42 Å². The molecule has 0 spiro atoms. The van der Waals surface area contributed by atoms with Crippen molar-refractivity contribution in [2.75, 3.05) is 0 Å². The molecule has 5 heteroatoms. The zero-order valence-corrected chi connectivity index (χ0v) is 14.1. The van der Waals surface area contributed by atoms with Crippen molar-refractivity contribution in [1.29, 1.82) is 0 Å². The van der Waals surface area contributed by atoms with Gasteiger partial charge in [0, 0.05) is 11.2 Å². The lowest BCUT2D eigenvalue weighted by Crippen LogP contribution is -2.46. The molecule has 0 aliphatic rings. The van der Waals surface area contributed by atoms with Gasteiger partial charge in [0.15, 0.2) is 0 Å². The molecule has 1 N–H and O–H groups in total. The Labute approximate surface area is 141 Å². The first-order chi connectivity index (χ1) is 11.0. The number of terminal acetylenes is 1. The number of amides is 1. The van der Waals surface area contributed by atoms with E-state index < -0.39 is 5.54 Å². The lowest BCUT2D eigenvalue weighted by Gasteiger charge is -2.26. The Balaban J connectivity index is 2.12. The third-order valence-corrected chi connectivity index (χ3v) is 4.39. The summed E-state index contributed by atoms with van der Waals surface area (Å²) in [4.78, 5) is 12.4. The third-order valence-electron chi connectivity index (χ3n) is 4.02. The Morgan fingerprint density at radius 1 is 1.39 bits per heavy atom. The van der Waals surface area contributed by atoms with Crippen molar-refractivity contribution >= 4 is 17.5 Å². The van der Waals surface area contributed by atoms with E-state index in [0.29, 0.717) is 30.0 Å². The van der Waals surface area contributed by atoms with E-state index in [1.807, 2.05) is 38.1 Å². The molecule has 0 radical (unpaired) electrons. The van der Waals surface area contributed by atoms with Crippen LogP contribution in [0.1, 0.15) is 42.6 Å². The minimum absolute atomic E-state index is 0.211. The second-order valence-corrected chi connectivity index (χ2v) is 5.81. The van der Waals surface area contributed by atoms with Gasteiger partial charge in [0.1, 0.15) is 5.54 Å². The van der Waals surface area contributed by atoms with Crippen molar-refractivity contribution < 1.29 is 4.79 Å². The molecule has 0 atom stereocenters. The quantitative estimate of drug-likeness (QED) is 0.824. The molecule has 120 valence electrons. The number of carbonyl (C=O) groups is 1. The summed E-state index contributed by atoms with van der Waals surface area (Å²) in [6.45, 7) is 4.43. The molecule has 2 aromatic rings. The van der Waals surface area contributed by atoms with E-state index in [1.165, 1.54) is 0 Å². The molecular formula is C18H20ClN3O. The number of hydrogen-bond donors (Lipinski definition) is 1. The largest absolute Gasteiger partial charge is 0.336 e. The first kappa shape index (κ1) is 17.1. The summed E-state index contributed by atoms with van der Waals surface area (Å²) in [6, 6.07) is 7.56. The maximum atomic E-state index is 12.4. The average molecular weight is 330 g/mol. The van der Waals surface area contributed by atoms with E-state index in [2.05, 4.69) is 16.3 Å². The van der Waals surface area contributed by atoms with Crippen molar-refractivity contribution in [2.24, 2.45) is 0 Å². The second-order valence-electron chi connectivity index (χ2n) is 5.41. The minimum atomic E-state index is -0.609. The summed E-state index contributed by atoms with van der Waals surface area (Å²) in [5, 5.41) is 7.83. The van der Waals surface area contributed by atoms with Crippen LogP contribution >= 0.6 is 11.6 Å². The standard InChI is InChI=1S/C18H20ClN3O/c1-4-18(5-2,6-3)21-17(23)15-11-20-22(13-15)12-14-9-7-8-10-16(14)19/h1,7-11,13H,5-6,12H2,2-3H3,(H,21,23). The number of nitrogens with zero attached hydrogens (tertiary/aromatic N) is 2. The zero-order valence-electron chi connectivity index (χ0n) is 13.3. The first-order valence-electron chi connectivity index (χ1n) is 7.59. The molecule has 1 heterocycles. The van der Waals surface area contributed by atoms with Crippen molar-refractivity contribution in [1.82, 2.24) is 15.1 Å². The molecule has 0 fully saturated rings. The van der Waals surface area contributed by atoms with Crippen LogP contribution in [-0.2, 0) is 6.54 Å². The summed E-state index contributed by atoms with van der Waals surface area (Å²) >= 11 is 6.14. The van der Waals surface area contributed by atoms with Crippen LogP contribution in [0.2, 0.25) is 5.02 Å². The van der Waals surface area contributed by atoms with Crippen LogP contribution in [-0.4, -0.2) is 21.2 Å². The molecule has 4 nitrogen and oxygen atoms in total. The number of carbonyl (C=O) groups excluding carboxylic acids is 1. The number of benzene rings is 1. The van der Waals surface area contributed by atoms with Gasteiger partial charge in [0.2, 0.25) is 0 Å². The van der Waals surface area contributed by atoms with Gasteiger partial charge in [-0.2, -0.15) is 5.10 Å². The highest BCUT2D eigenvalue weighted by Crippen LogP contribution is 2.17. The van der Waals surface area contributed by atoms with E-state index in [9.17, 15) is 4.79 Å². The van der Waals surface area contributed by atoms with E-state index in [1.54, 1.807) is 17.1 Å². The van der Waals surface area contributed by atoms with Crippen LogP contribution in [0.25, 0.3) is 0 Å². The Morgan fingerprint density at radius 3 is 2.70 bits per heavy atom. The molecule has 0 bridgehead atoms. The lowest BCUT2D eigenvalue weighted by molar-refractivity contribution is 0.0916. The summed E-state index contributed by atoms with van der Waals surface area (Å²) in [5.41, 5.74) is 0.824. The average Bonchev–Trinajstić information content (AvgIpc) is 3.03. The minimum Gasteiger partial charge on any atom is -0.336 e. The molecule has 2 rings (SSSR count). The highest BCUT2D eigenvalue weighted by Gasteiger charge is 2.26. The molecule has 1 aromatic heterocycles. The predicted octanol–water partition coefficient (Wildman–Crippen LogP) is 3.51. The van der Waals surface area contributed by atoms with Crippen molar-refractivity contribution in [3.8, 4) is 12.3 Å².